The van der Waals surface area contributed by atoms with Crippen LogP contribution in [-0.4, -0.2) is 54.7 Å². The van der Waals surface area contributed by atoms with Crippen molar-refractivity contribution in [2.24, 2.45) is 0 Å². The molecule has 0 aliphatic carbocycles. The van der Waals surface area contributed by atoms with Crippen LogP contribution in [0.15, 0.2) is 29.2 Å². The van der Waals surface area contributed by atoms with Crippen LogP contribution in [0.1, 0.15) is 45.4 Å². The predicted octanol–water partition coefficient (Wildman–Crippen LogP) is 3.29. The van der Waals surface area contributed by atoms with E-state index in [1.807, 2.05) is 23.1 Å². The SMILES string of the molecule is CC1CCCCN1CCCNC(=O)CCCN1C(=O)CSc2ccccc21. The van der Waals surface area contributed by atoms with Gasteiger partial charge in [-0.05, 0) is 51.3 Å². The molecule has 1 fully saturated rings. The van der Waals surface area contributed by atoms with Gasteiger partial charge in [0, 0.05) is 37.0 Å². The second-order valence-corrected chi connectivity index (χ2v) is 8.51. The number of anilines is 1. The number of benzene rings is 1. The fourth-order valence-electron chi connectivity index (χ4n) is 3.88. The Labute approximate surface area is 166 Å². The van der Waals surface area contributed by atoms with Crippen molar-refractivity contribution in [2.75, 3.05) is 36.8 Å². The summed E-state index contributed by atoms with van der Waals surface area (Å²) in [5.74, 6) is 0.710. The molecule has 2 aliphatic rings. The molecule has 5 nitrogen and oxygen atoms in total. The zero-order valence-corrected chi connectivity index (χ0v) is 17.1. The van der Waals surface area contributed by atoms with Crippen molar-refractivity contribution in [3.8, 4) is 0 Å². The number of nitrogens with one attached hydrogen (secondary N) is 1. The summed E-state index contributed by atoms with van der Waals surface area (Å²) >= 11 is 1.59. The average Bonchev–Trinajstić information content (AvgIpc) is 2.68. The minimum atomic E-state index is 0.0915. The highest BCUT2D eigenvalue weighted by Crippen LogP contribution is 2.34. The Morgan fingerprint density at radius 1 is 1.22 bits per heavy atom. The quantitative estimate of drug-likeness (QED) is 0.693. The first-order valence-electron chi connectivity index (χ1n) is 10.2. The molecule has 1 saturated heterocycles. The highest BCUT2D eigenvalue weighted by Gasteiger charge is 2.24. The molecule has 0 bridgehead atoms. The number of fused-ring (bicyclic) bond motifs is 1. The molecule has 2 amide bonds. The van der Waals surface area contributed by atoms with E-state index in [0.717, 1.165) is 30.1 Å². The highest BCUT2D eigenvalue weighted by molar-refractivity contribution is 8.00. The molecule has 1 aromatic rings. The van der Waals surface area contributed by atoms with Gasteiger partial charge in [0.1, 0.15) is 0 Å². The number of piperidine rings is 1. The standard InChI is InChI=1S/C21H31N3O2S/c1-17-8-4-5-13-23(17)14-7-12-22-20(25)11-6-15-24-18-9-2-3-10-19(18)27-16-21(24)26/h2-3,9-10,17H,4-8,11-16H2,1H3,(H,22,25). The van der Waals surface area contributed by atoms with Gasteiger partial charge in [-0.2, -0.15) is 0 Å². The molecule has 3 rings (SSSR count). The van der Waals surface area contributed by atoms with Crippen LogP contribution in [0.4, 0.5) is 5.69 Å². The summed E-state index contributed by atoms with van der Waals surface area (Å²) in [6.45, 7) is 5.91. The van der Waals surface area contributed by atoms with E-state index >= 15 is 0 Å². The van der Waals surface area contributed by atoms with Gasteiger partial charge in [-0.15, -0.1) is 11.8 Å². The van der Waals surface area contributed by atoms with Gasteiger partial charge in [-0.25, -0.2) is 0 Å². The van der Waals surface area contributed by atoms with Gasteiger partial charge in [0.2, 0.25) is 11.8 Å². The summed E-state index contributed by atoms with van der Waals surface area (Å²) in [6, 6.07) is 8.67. The highest BCUT2D eigenvalue weighted by atomic mass is 32.2. The van der Waals surface area contributed by atoms with Crippen LogP contribution in [0, 0.1) is 0 Å². The summed E-state index contributed by atoms with van der Waals surface area (Å²) in [7, 11) is 0. The molecule has 27 heavy (non-hydrogen) atoms. The smallest absolute Gasteiger partial charge is 0.237 e. The van der Waals surface area contributed by atoms with E-state index in [1.165, 1.54) is 25.8 Å². The number of carbonyl (C=O) groups excluding carboxylic acids is 2. The lowest BCUT2D eigenvalue weighted by Gasteiger charge is -2.33. The zero-order chi connectivity index (χ0) is 19.1. The number of rotatable bonds is 8. The Morgan fingerprint density at radius 2 is 2.07 bits per heavy atom. The number of amides is 2. The second-order valence-electron chi connectivity index (χ2n) is 7.49. The van der Waals surface area contributed by atoms with Crippen LogP contribution in [0.5, 0.6) is 0 Å². The minimum Gasteiger partial charge on any atom is -0.356 e. The van der Waals surface area contributed by atoms with Crippen LogP contribution in [-0.2, 0) is 9.59 Å². The molecule has 1 atom stereocenters. The number of para-hydroxylation sites is 1. The lowest BCUT2D eigenvalue weighted by Crippen LogP contribution is -2.39. The summed E-state index contributed by atoms with van der Waals surface area (Å²) in [6.07, 6.45) is 6.11. The van der Waals surface area contributed by atoms with Crippen LogP contribution in [0.25, 0.3) is 0 Å². The van der Waals surface area contributed by atoms with Crippen LogP contribution < -0.4 is 10.2 Å². The number of hydrogen-bond donors (Lipinski definition) is 1. The van der Waals surface area contributed by atoms with E-state index in [-0.39, 0.29) is 11.8 Å². The fourth-order valence-corrected chi connectivity index (χ4v) is 4.82. The van der Waals surface area contributed by atoms with E-state index in [4.69, 9.17) is 0 Å². The molecule has 2 heterocycles. The number of carbonyl (C=O) groups is 2. The Bertz CT molecular complexity index is 652. The monoisotopic (exact) mass is 389 g/mol. The first-order chi connectivity index (χ1) is 13.1. The van der Waals surface area contributed by atoms with Crippen molar-refractivity contribution in [3.05, 3.63) is 24.3 Å². The molecule has 0 aromatic heterocycles. The largest absolute Gasteiger partial charge is 0.356 e. The maximum atomic E-state index is 12.2. The first kappa shape index (κ1) is 20.2. The molecule has 1 aromatic carbocycles. The molecule has 2 aliphatic heterocycles. The van der Waals surface area contributed by atoms with Gasteiger partial charge in [-0.1, -0.05) is 18.6 Å². The van der Waals surface area contributed by atoms with Gasteiger partial charge in [0.05, 0.1) is 11.4 Å². The average molecular weight is 390 g/mol. The lowest BCUT2D eigenvalue weighted by atomic mass is 10.0. The molecule has 0 saturated carbocycles. The number of nitrogens with zero attached hydrogens (tertiary/aromatic N) is 2. The number of likely N-dealkylation sites (tertiary alicyclic amines) is 1. The van der Waals surface area contributed by atoms with Gasteiger partial charge in [0.15, 0.2) is 0 Å². The van der Waals surface area contributed by atoms with Gasteiger partial charge in [-0.3, -0.25) is 9.59 Å². The molecule has 148 valence electrons. The van der Waals surface area contributed by atoms with Gasteiger partial charge in [0.25, 0.3) is 0 Å². The number of hydrogen-bond acceptors (Lipinski definition) is 4. The lowest BCUT2D eigenvalue weighted by molar-refractivity contribution is -0.121. The Balaban J connectivity index is 1.33. The maximum absolute atomic E-state index is 12.2. The Kier molecular flexibility index (Phi) is 7.59. The van der Waals surface area contributed by atoms with E-state index in [2.05, 4.69) is 23.2 Å². The van der Waals surface area contributed by atoms with Crippen LogP contribution in [0.2, 0.25) is 0 Å². The van der Waals surface area contributed by atoms with Crippen molar-refractivity contribution in [2.45, 2.75) is 56.4 Å². The third-order valence-corrected chi connectivity index (χ3v) is 6.53. The predicted molar refractivity (Wildman–Crippen MR) is 111 cm³/mol. The summed E-state index contributed by atoms with van der Waals surface area (Å²) < 4.78 is 0. The normalized spacial score (nSPS) is 20.4. The maximum Gasteiger partial charge on any atom is 0.237 e. The second kappa shape index (κ2) is 10.1. The summed E-state index contributed by atoms with van der Waals surface area (Å²) in [4.78, 5) is 29.8. The van der Waals surface area contributed by atoms with Crippen molar-refractivity contribution >= 4 is 29.3 Å². The molecule has 1 N–H and O–H groups in total. The van der Waals surface area contributed by atoms with Crippen LogP contribution >= 0.6 is 11.8 Å². The molecule has 1 unspecified atom stereocenters. The molecular formula is C21H31N3O2S. The van der Waals surface area contributed by atoms with Crippen molar-refractivity contribution in [1.82, 2.24) is 10.2 Å². The molecule has 0 spiro atoms. The van der Waals surface area contributed by atoms with Crippen molar-refractivity contribution in [3.63, 3.8) is 0 Å². The van der Waals surface area contributed by atoms with Crippen molar-refractivity contribution < 1.29 is 9.59 Å². The third kappa shape index (κ3) is 5.72. The summed E-state index contributed by atoms with van der Waals surface area (Å²) in [5, 5.41) is 3.03. The van der Waals surface area contributed by atoms with Crippen LogP contribution in [0.3, 0.4) is 0 Å². The van der Waals surface area contributed by atoms with Gasteiger partial charge >= 0.3 is 0 Å². The molecular weight excluding hydrogens is 358 g/mol. The van der Waals surface area contributed by atoms with Gasteiger partial charge < -0.3 is 15.1 Å². The third-order valence-electron chi connectivity index (χ3n) is 5.48. The molecule has 6 heteroatoms. The van der Waals surface area contributed by atoms with E-state index in [1.54, 1.807) is 11.8 Å². The van der Waals surface area contributed by atoms with E-state index in [0.29, 0.717) is 31.2 Å². The topological polar surface area (TPSA) is 52.7 Å². The van der Waals surface area contributed by atoms with Crippen molar-refractivity contribution in [1.29, 1.82) is 0 Å². The summed E-state index contributed by atoms with van der Waals surface area (Å²) in [5.41, 5.74) is 0.981. The number of thioether (sulfide) groups is 1. The zero-order valence-electron chi connectivity index (χ0n) is 16.3. The fraction of sp³-hybridized carbons (Fsp3) is 0.619. The minimum absolute atomic E-state index is 0.0915. The Hall–Kier alpha value is -1.53. The van der Waals surface area contributed by atoms with E-state index < -0.39 is 0 Å². The first-order valence-corrected chi connectivity index (χ1v) is 11.2. The molecule has 0 radical (unpaired) electrons. The van der Waals surface area contributed by atoms with E-state index in [9.17, 15) is 9.59 Å². The Morgan fingerprint density at radius 3 is 2.93 bits per heavy atom.